The van der Waals surface area contributed by atoms with E-state index in [2.05, 4.69) is 5.32 Å². The van der Waals surface area contributed by atoms with Gasteiger partial charge in [0.05, 0.1) is 17.0 Å². The summed E-state index contributed by atoms with van der Waals surface area (Å²) in [5, 5.41) is 21.2. The van der Waals surface area contributed by atoms with Crippen LogP contribution < -0.4 is 5.32 Å². The van der Waals surface area contributed by atoms with Gasteiger partial charge in [-0.15, -0.1) is 0 Å². The van der Waals surface area contributed by atoms with E-state index in [1.807, 2.05) is 0 Å². The van der Waals surface area contributed by atoms with Crippen LogP contribution in [0.4, 0.5) is 16.2 Å². The molecule has 0 unspecified atom stereocenters. The highest BCUT2D eigenvalue weighted by Gasteiger charge is 2.39. The van der Waals surface area contributed by atoms with Crippen molar-refractivity contribution in [3.05, 3.63) is 69.8 Å². The van der Waals surface area contributed by atoms with Gasteiger partial charge in [-0.2, -0.15) is 0 Å². The lowest BCUT2D eigenvalue weighted by atomic mass is 10.2. The van der Waals surface area contributed by atoms with Gasteiger partial charge in [-0.3, -0.25) is 24.6 Å². The summed E-state index contributed by atoms with van der Waals surface area (Å²) in [4.78, 5) is 46.7. The number of anilines is 1. The number of aromatic carboxylic acids is 1. The lowest BCUT2D eigenvalue weighted by Crippen LogP contribution is -2.33. The van der Waals surface area contributed by atoms with Crippen molar-refractivity contribution in [2.75, 3.05) is 5.32 Å². The van der Waals surface area contributed by atoms with Crippen LogP contribution in [0.1, 0.15) is 15.9 Å². The van der Waals surface area contributed by atoms with Gasteiger partial charge in [0.2, 0.25) is 0 Å². The molecule has 1 saturated heterocycles. The van der Waals surface area contributed by atoms with E-state index < -0.39 is 27.4 Å². The molecule has 1 atom stereocenters. The molecule has 3 rings (SSSR count). The zero-order valence-corrected chi connectivity index (χ0v) is 14.5. The van der Waals surface area contributed by atoms with Crippen molar-refractivity contribution < 1.29 is 24.4 Å². The monoisotopic (exact) mass is 387 g/mol. The second-order valence-corrected chi connectivity index (χ2v) is 6.69. The van der Waals surface area contributed by atoms with Gasteiger partial charge in [-0.05, 0) is 41.6 Å². The third-order valence-electron chi connectivity index (χ3n) is 3.85. The highest BCUT2D eigenvalue weighted by Crippen LogP contribution is 2.30. The number of benzene rings is 2. The van der Waals surface area contributed by atoms with Gasteiger partial charge in [0.15, 0.2) is 5.37 Å². The first-order valence-corrected chi connectivity index (χ1v) is 8.58. The summed E-state index contributed by atoms with van der Waals surface area (Å²) < 4.78 is 0. The summed E-state index contributed by atoms with van der Waals surface area (Å²) in [7, 11) is 0. The minimum absolute atomic E-state index is 0.0127. The Hall–Kier alpha value is -3.40. The molecule has 2 N–H and O–H groups in total. The van der Waals surface area contributed by atoms with Gasteiger partial charge in [0.25, 0.3) is 16.8 Å². The molecule has 0 bridgehead atoms. The summed E-state index contributed by atoms with van der Waals surface area (Å²) in [5.74, 6) is -1.50. The minimum Gasteiger partial charge on any atom is -0.478 e. The Bertz CT molecular complexity index is 913. The van der Waals surface area contributed by atoms with E-state index in [0.717, 1.165) is 16.7 Å². The van der Waals surface area contributed by atoms with Crippen molar-refractivity contribution in [3.63, 3.8) is 0 Å². The maximum absolute atomic E-state index is 12.5. The first-order valence-electron chi connectivity index (χ1n) is 7.70. The Kier molecular flexibility index (Phi) is 5.08. The second-order valence-electron chi connectivity index (χ2n) is 5.64. The number of amides is 2. The van der Waals surface area contributed by atoms with Gasteiger partial charge >= 0.3 is 5.97 Å². The molecule has 0 aliphatic carbocycles. The highest BCUT2D eigenvalue weighted by atomic mass is 32.2. The quantitative estimate of drug-likeness (QED) is 0.571. The van der Waals surface area contributed by atoms with Crippen molar-refractivity contribution in [1.29, 1.82) is 0 Å². The van der Waals surface area contributed by atoms with Crippen LogP contribution in [-0.4, -0.2) is 37.4 Å². The Morgan fingerprint density at radius 2 is 1.78 bits per heavy atom. The Morgan fingerprint density at radius 1 is 1.15 bits per heavy atom. The lowest BCUT2D eigenvalue weighted by Gasteiger charge is -2.15. The first-order chi connectivity index (χ1) is 12.8. The lowest BCUT2D eigenvalue weighted by molar-refractivity contribution is -0.384. The molecule has 0 saturated carbocycles. The average Bonchev–Trinajstić information content (AvgIpc) is 2.90. The minimum atomic E-state index is -1.06. The number of nitro groups is 1. The van der Waals surface area contributed by atoms with E-state index in [0.29, 0.717) is 11.3 Å². The predicted molar refractivity (Wildman–Crippen MR) is 97.4 cm³/mol. The number of nitrogens with one attached hydrogen (secondary N) is 1. The van der Waals surface area contributed by atoms with E-state index in [1.54, 1.807) is 0 Å². The molecule has 1 heterocycles. The van der Waals surface area contributed by atoms with Gasteiger partial charge in [-0.25, -0.2) is 4.79 Å². The average molecular weight is 387 g/mol. The van der Waals surface area contributed by atoms with Crippen LogP contribution >= 0.6 is 11.8 Å². The zero-order chi connectivity index (χ0) is 19.6. The van der Waals surface area contributed by atoms with Crippen molar-refractivity contribution in [1.82, 2.24) is 4.90 Å². The molecule has 1 aliphatic rings. The number of nitro benzene ring substituents is 1. The predicted octanol–water partition coefficient (Wildman–Crippen LogP) is 2.93. The number of carboxylic acids is 1. The molecule has 138 valence electrons. The van der Waals surface area contributed by atoms with Crippen molar-refractivity contribution in [2.45, 2.75) is 11.9 Å². The molecule has 1 fully saturated rings. The number of hydrogen-bond acceptors (Lipinski definition) is 7. The summed E-state index contributed by atoms with van der Waals surface area (Å²) in [6.45, 7) is 0.0127. The van der Waals surface area contributed by atoms with Crippen LogP contribution in [0.25, 0.3) is 0 Å². The van der Waals surface area contributed by atoms with Crippen LogP contribution in [0.3, 0.4) is 0 Å². The maximum atomic E-state index is 12.5. The van der Waals surface area contributed by atoms with Gasteiger partial charge in [0.1, 0.15) is 0 Å². The van der Waals surface area contributed by atoms with Gasteiger partial charge < -0.3 is 10.4 Å². The maximum Gasteiger partial charge on any atom is 0.335 e. The standard InChI is InChI=1S/C17H13N3O6S/c21-15-14(18-12-5-3-11(4-6-12)16(22)23)27-17(24)19(15)9-10-1-7-13(8-2-10)20(25)26/h1-8,14,18H,9H2,(H,22,23)/t14-/m0/s1. The van der Waals surface area contributed by atoms with Crippen LogP contribution in [0, 0.1) is 10.1 Å². The number of imide groups is 1. The molecule has 0 radical (unpaired) electrons. The topological polar surface area (TPSA) is 130 Å². The van der Waals surface area contributed by atoms with Crippen LogP contribution in [0.2, 0.25) is 0 Å². The van der Waals surface area contributed by atoms with Crippen molar-refractivity contribution in [3.8, 4) is 0 Å². The van der Waals surface area contributed by atoms with Crippen LogP contribution in [0.15, 0.2) is 48.5 Å². The molecular formula is C17H13N3O6S. The molecule has 1 aliphatic heterocycles. The fourth-order valence-corrected chi connectivity index (χ4v) is 3.35. The highest BCUT2D eigenvalue weighted by molar-refractivity contribution is 8.15. The third-order valence-corrected chi connectivity index (χ3v) is 4.82. The molecule has 0 aromatic heterocycles. The molecule has 2 aromatic rings. The summed E-state index contributed by atoms with van der Waals surface area (Å²) in [6, 6.07) is 11.4. The summed E-state index contributed by atoms with van der Waals surface area (Å²) in [6.07, 6.45) is 0. The second kappa shape index (κ2) is 7.46. The Labute approximate surface area is 157 Å². The number of rotatable bonds is 6. The summed E-state index contributed by atoms with van der Waals surface area (Å²) >= 11 is 0.816. The molecule has 2 amide bonds. The van der Waals surface area contributed by atoms with E-state index in [9.17, 15) is 24.5 Å². The smallest absolute Gasteiger partial charge is 0.335 e. The van der Waals surface area contributed by atoms with E-state index in [1.165, 1.54) is 48.5 Å². The summed E-state index contributed by atoms with van der Waals surface area (Å²) in [5.41, 5.74) is 1.14. The number of thioether (sulfide) groups is 1. The number of non-ortho nitro benzene ring substituents is 1. The fourth-order valence-electron chi connectivity index (χ4n) is 2.45. The van der Waals surface area contributed by atoms with E-state index in [4.69, 9.17) is 5.11 Å². The first kappa shape index (κ1) is 18.4. The SMILES string of the molecule is O=C(O)c1ccc(N[C@H]2SC(=O)N(Cc3ccc([N+](=O)[O-])cc3)C2=O)cc1. The Balaban J connectivity index is 1.67. The van der Waals surface area contributed by atoms with Gasteiger partial charge in [-0.1, -0.05) is 12.1 Å². The number of carboxylic acid groups (broad SMARTS) is 1. The largest absolute Gasteiger partial charge is 0.478 e. The van der Waals surface area contributed by atoms with Crippen molar-refractivity contribution in [2.24, 2.45) is 0 Å². The van der Waals surface area contributed by atoms with E-state index >= 15 is 0 Å². The normalized spacial score (nSPS) is 16.4. The number of nitrogens with zero attached hydrogens (tertiary/aromatic N) is 2. The number of carbonyl (C=O) groups excluding carboxylic acids is 2. The molecule has 9 nitrogen and oxygen atoms in total. The molecular weight excluding hydrogens is 374 g/mol. The van der Waals surface area contributed by atoms with E-state index in [-0.39, 0.29) is 17.8 Å². The number of carbonyl (C=O) groups is 3. The Morgan fingerprint density at radius 3 is 2.33 bits per heavy atom. The third kappa shape index (κ3) is 4.06. The van der Waals surface area contributed by atoms with Crippen molar-refractivity contribution >= 4 is 40.3 Å². The molecule has 2 aromatic carbocycles. The zero-order valence-electron chi connectivity index (χ0n) is 13.7. The number of hydrogen-bond donors (Lipinski definition) is 2. The molecule has 10 heteroatoms. The van der Waals surface area contributed by atoms with Crippen LogP contribution in [-0.2, 0) is 11.3 Å². The van der Waals surface area contributed by atoms with Crippen LogP contribution in [0.5, 0.6) is 0 Å². The fraction of sp³-hybridized carbons (Fsp3) is 0.118. The molecule has 0 spiro atoms. The molecule has 27 heavy (non-hydrogen) atoms. The van der Waals surface area contributed by atoms with Gasteiger partial charge in [0, 0.05) is 17.8 Å².